The van der Waals surface area contributed by atoms with Crippen molar-refractivity contribution < 1.29 is 9.18 Å². The van der Waals surface area contributed by atoms with Crippen LogP contribution in [0.4, 0.5) is 4.39 Å². The van der Waals surface area contributed by atoms with Gasteiger partial charge in [-0.1, -0.05) is 48.5 Å². The van der Waals surface area contributed by atoms with Gasteiger partial charge in [0.25, 0.3) is 0 Å². The Labute approximate surface area is 111 Å². The number of carbonyl (C=O) groups excluding carboxylic acids is 1. The minimum Gasteiger partial charge on any atom is -0.350 e. The van der Waals surface area contributed by atoms with Gasteiger partial charge < -0.3 is 11.1 Å². The zero-order chi connectivity index (χ0) is 13.7. The lowest BCUT2D eigenvalue weighted by Gasteiger charge is -2.12. The van der Waals surface area contributed by atoms with Gasteiger partial charge in [0.15, 0.2) is 0 Å². The van der Waals surface area contributed by atoms with Crippen LogP contribution in [0.25, 0.3) is 0 Å². The van der Waals surface area contributed by atoms with Crippen molar-refractivity contribution in [3.63, 3.8) is 0 Å². The highest BCUT2D eigenvalue weighted by Gasteiger charge is 2.15. The molecule has 3 N–H and O–H groups in total. The molecular formula is C15H15FN2O. The lowest BCUT2D eigenvalue weighted by molar-refractivity contribution is -0.122. The fourth-order valence-electron chi connectivity index (χ4n) is 1.75. The highest BCUT2D eigenvalue weighted by molar-refractivity contribution is 5.82. The van der Waals surface area contributed by atoms with Gasteiger partial charge in [-0.2, -0.15) is 0 Å². The number of carbonyl (C=O) groups is 1. The van der Waals surface area contributed by atoms with E-state index in [-0.39, 0.29) is 18.3 Å². The first-order valence-corrected chi connectivity index (χ1v) is 6.00. The summed E-state index contributed by atoms with van der Waals surface area (Å²) in [7, 11) is 0. The highest BCUT2D eigenvalue weighted by Crippen LogP contribution is 2.10. The molecule has 0 heterocycles. The van der Waals surface area contributed by atoms with Crippen molar-refractivity contribution in [2.45, 2.75) is 12.6 Å². The molecule has 0 bridgehead atoms. The minimum absolute atomic E-state index is 0.131. The number of hydrogen-bond acceptors (Lipinski definition) is 2. The summed E-state index contributed by atoms with van der Waals surface area (Å²) in [6, 6.07) is 14.6. The molecule has 0 aliphatic heterocycles. The number of nitrogens with two attached hydrogens (primary N) is 1. The van der Waals surface area contributed by atoms with Crippen LogP contribution in [-0.4, -0.2) is 5.91 Å². The van der Waals surface area contributed by atoms with Gasteiger partial charge in [0, 0.05) is 12.1 Å². The highest BCUT2D eigenvalue weighted by atomic mass is 19.1. The Morgan fingerprint density at radius 1 is 1.11 bits per heavy atom. The summed E-state index contributed by atoms with van der Waals surface area (Å²) in [5.74, 6) is -0.662. The second-order valence-electron chi connectivity index (χ2n) is 4.20. The molecule has 1 atom stereocenters. The van der Waals surface area contributed by atoms with E-state index >= 15 is 0 Å². The molecule has 98 valence electrons. The summed E-state index contributed by atoms with van der Waals surface area (Å²) in [6.07, 6.45) is 0. The molecule has 4 heteroatoms. The average Bonchev–Trinajstić information content (AvgIpc) is 2.46. The Hall–Kier alpha value is -2.20. The third-order valence-electron chi connectivity index (χ3n) is 2.85. The molecule has 1 amide bonds. The van der Waals surface area contributed by atoms with E-state index in [0.29, 0.717) is 5.56 Å². The molecule has 0 aliphatic carbocycles. The van der Waals surface area contributed by atoms with Crippen molar-refractivity contribution in [2.24, 2.45) is 5.73 Å². The number of hydrogen-bond donors (Lipinski definition) is 2. The van der Waals surface area contributed by atoms with E-state index < -0.39 is 6.04 Å². The van der Waals surface area contributed by atoms with Crippen molar-refractivity contribution in [1.29, 1.82) is 0 Å². The zero-order valence-corrected chi connectivity index (χ0v) is 10.3. The third kappa shape index (κ3) is 3.39. The summed E-state index contributed by atoms with van der Waals surface area (Å²) in [5.41, 5.74) is 7.01. The van der Waals surface area contributed by atoms with Crippen LogP contribution in [0.15, 0.2) is 54.6 Å². The lowest BCUT2D eigenvalue weighted by Crippen LogP contribution is -2.33. The van der Waals surface area contributed by atoms with Crippen molar-refractivity contribution in [3.05, 3.63) is 71.5 Å². The fourth-order valence-corrected chi connectivity index (χ4v) is 1.75. The maximum atomic E-state index is 13.4. The van der Waals surface area contributed by atoms with Crippen molar-refractivity contribution in [1.82, 2.24) is 5.32 Å². The second kappa shape index (κ2) is 6.11. The van der Waals surface area contributed by atoms with Crippen LogP contribution in [0.3, 0.4) is 0 Å². The van der Waals surface area contributed by atoms with Gasteiger partial charge in [-0.25, -0.2) is 4.39 Å². The van der Waals surface area contributed by atoms with Crippen LogP contribution in [0, 0.1) is 5.82 Å². The number of rotatable bonds is 4. The van der Waals surface area contributed by atoms with E-state index in [1.165, 1.54) is 6.07 Å². The number of amides is 1. The van der Waals surface area contributed by atoms with Crippen molar-refractivity contribution >= 4 is 5.91 Å². The first-order chi connectivity index (χ1) is 9.18. The molecule has 0 saturated carbocycles. The Morgan fingerprint density at radius 2 is 1.74 bits per heavy atom. The molecule has 19 heavy (non-hydrogen) atoms. The largest absolute Gasteiger partial charge is 0.350 e. The summed E-state index contributed by atoms with van der Waals surface area (Å²) in [6.45, 7) is 0.131. The second-order valence-corrected chi connectivity index (χ2v) is 4.20. The van der Waals surface area contributed by atoms with E-state index in [9.17, 15) is 9.18 Å². The summed E-state index contributed by atoms with van der Waals surface area (Å²) >= 11 is 0. The Bertz CT molecular complexity index is 557. The Morgan fingerprint density at radius 3 is 2.42 bits per heavy atom. The Kier molecular flexibility index (Phi) is 4.26. The molecule has 2 rings (SSSR count). The maximum Gasteiger partial charge on any atom is 0.241 e. The number of halogens is 1. The quantitative estimate of drug-likeness (QED) is 0.882. The summed E-state index contributed by atoms with van der Waals surface area (Å²) in [5, 5.41) is 2.63. The topological polar surface area (TPSA) is 55.1 Å². The molecule has 0 spiro atoms. The number of benzene rings is 2. The predicted molar refractivity (Wildman–Crippen MR) is 71.6 cm³/mol. The molecule has 0 unspecified atom stereocenters. The van der Waals surface area contributed by atoms with E-state index in [0.717, 1.165) is 5.56 Å². The van der Waals surface area contributed by atoms with E-state index in [1.807, 2.05) is 18.2 Å². The van der Waals surface area contributed by atoms with Gasteiger partial charge in [0.1, 0.15) is 11.9 Å². The summed E-state index contributed by atoms with van der Waals surface area (Å²) < 4.78 is 13.4. The van der Waals surface area contributed by atoms with Crippen LogP contribution in [-0.2, 0) is 11.3 Å². The molecule has 0 saturated heterocycles. The number of nitrogens with one attached hydrogen (secondary N) is 1. The van der Waals surface area contributed by atoms with Gasteiger partial charge in [-0.05, 0) is 11.6 Å². The van der Waals surface area contributed by atoms with Gasteiger partial charge in [0.05, 0.1) is 0 Å². The standard InChI is InChI=1S/C15H15FN2O/c16-13-9-5-4-8-12(13)10-18-15(19)14(17)11-6-2-1-3-7-11/h1-9,14H,10,17H2,(H,18,19)/t14-/m1/s1. The van der Waals surface area contributed by atoms with Crippen LogP contribution in [0.2, 0.25) is 0 Å². The van der Waals surface area contributed by atoms with Gasteiger partial charge in [-0.15, -0.1) is 0 Å². The van der Waals surface area contributed by atoms with Crippen molar-refractivity contribution in [2.75, 3.05) is 0 Å². The monoisotopic (exact) mass is 258 g/mol. The minimum atomic E-state index is -0.743. The molecule has 3 nitrogen and oxygen atoms in total. The first-order valence-electron chi connectivity index (χ1n) is 6.00. The van der Waals surface area contributed by atoms with Gasteiger partial charge in [-0.3, -0.25) is 4.79 Å². The van der Waals surface area contributed by atoms with Crippen molar-refractivity contribution in [3.8, 4) is 0 Å². The molecule has 0 fully saturated rings. The average molecular weight is 258 g/mol. The lowest BCUT2D eigenvalue weighted by atomic mass is 10.1. The zero-order valence-electron chi connectivity index (χ0n) is 10.3. The van der Waals surface area contributed by atoms with E-state index in [4.69, 9.17) is 5.73 Å². The summed E-state index contributed by atoms with van der Waals surface area (Å²) in [4.78, 5) is 11.9. The van der Waals surface area contributed by atoms with Gasteiger partial charge >= 0.3 is 0 Å². The maximum absolute atomic E-state index is 13.4. The van der Waals surface area contributed by atoms with E-state index in [2.05, 4.69) is 5.32 Å². The van der Waals surface area contributed by atoms with Crippen LogP contribution >= 0.6 is 0 Å². The van der Waals surface area contributed by atoms with Crippen LogP contribution < -0.4 is 11.1 Å². The molecule has 0 aliphatic rings. The third-order valence-corrected chi connectivity index (χ3v) is 2.85. The van der Waals surface area contributed by atoms with Gasteiger partial charge in [0.2, 0.25) is 5.91 Å². The molecule has 0 aromatic heterocycles. The molecule has 2 aromatic carbocycles. The molecule has 2 aromatic rings. The first kappa shape index (κ1) is 13.2. The Balaban J connectivity index is 1.97. The van der Waals surface area contributed by atoms with Crippen LogP contribution in [0.5, 0.6) is 0 Å². The SMILES string of the molecule is N[C@@H](C(=O)NCc1ccccc1F)c1ccccc1. The molecule has 0 radical (unpaired) electrons. The normalized spacial score (nSPS) is 11.9. The fraction of sp³-hybridized carbons (Fsp3) is 0.133. The van der Waals surface area contributed by atoms with E-state index in [1.54, 1.807) is 30.3 Å². The molecular weight excluding hydrogens is 243 g/mol. The van der Waals surface area contributed by atoms with Crippen LogP contribution in [0.1, 0.15) is 17.2 Å². The predicted octanol–water partition coefficient (Wildman–Crippen LogP) is 2.14. The smallest absolute Gasteiger partial charge is 0.241 e.